The molecule has 0 aliphatic rings. The van der Waals surface area contributed by atoms with Gasteiger partial charge in [-0.15, -0.1) is 5.46 Å². The van der Waals surface area contributed by atoms with Crippen LogP contribution in [-0.4, -0.2) is 13.3 Å². The van der Waals surface area contributed by atoms with E-state index in [2.05, 4.69) is 0 Å². The summed E-state index contributed by atoms with van der Waals surface area (Å²) in [4.78, 5) is 10.4. The van der Waals surface area contributed by atoms with Crippen LogP contribution in [0.3, 0.4) is 0 Å². The van der Waals surface area contributed by atoms with Crippen molar-refractivity contribution in [3.05, 3.63) is 23.3 Å². The van der Waals surface area contributed by atoms with E-state index in [1.807, 2.05) is 0 Å². The van der Waals surface area contributed by atoms with Gasteiger partial charge in [0.15, 0.2) is 0 Å². The molecule has 2 N–H and O–H groups in total. The molecule has 1 aromatic rings. The molecule has 7 heteroatoms. The van der Waals surface area contributed by atoms with E-state index in [9.17, 15) is 17.7 Å². The Morgan fingerprint density at radius 2 is 1.87 bits per heavy atom. The van der Waals surface area contributed by atoms with E-state index >= 15 is 0 Å². The molecule has 1 rings (SSSR count). The number of halogens is 3. The molecule has 15 heavy (non-hydrogen) atoms. The molecule has 0 unspecified atom stereocenters. The third kappa shape index (κ3) is 3.60. The molecular formula is C8H8BF3KNO. The van der Waals surface area contributed by atoms with Crippen LogP contribution < -0.4 is 62.6 Å². The van der Waals surface area contributed by atoms with Gasteiger partial charge in [-0.25, -0.2) is 0 Å². The Balaban J connectivity index is 0.00000196. The minimum absolute atomic E-state index is 0. The molecule has 1 aromatic carbocycles. The monoisotopic (exact) mass is 241 g/mol. The summed E-state index contributed by atoms with van der Waals surface area (Å²) in [5, 5.41) is 0. The zero-order chi connectivity index (χ0) is 10.9. The van der Waals surface area contributed by atoms with Crippen LogP contribution in [0.1, 0.15) is 15.9 Å². The summed E-state index contributed by atoms with van der Waals surface area (Å²) in [6, 6.07) is 2.08. The number of aldehydes is 1. The number of anilines is 1. The molecule has 0 radical (unpaired) electrons. The van der Waals surface area contributed by atoms with Gasteiger partial charge in [-0.3, -0.25) is 4.79 Å². The fourth-order valence-electron chi connectivity index (χ4n) is 1.25. The number of hydrogen-bond acceptors (Lipinski definition) is 2. The Kier molecular flexibility index (Phi) is 5.56. The standard InChI is InChI=1S/C8H8BF3NO.K/c1-5-6(4-14)2-7(13)3-8(5)9(10,11)12;/h2-4H,13H2,1H3;/q-1;+1. The Bertz CT molecular complexity index is 381. The summed E-state index contributed by atoms with van der Waals surface area (Å²) in [6.07, 6.45) is 0.372. The predicted molar refractivity (Wildman–Crippen MR) is 49.7 cm³/mol. The van der Waals surface area contributed by atoms with Gasteiger partial charge in [0.25, 0.3) is 0 Å². The normalized spacial score (nSPS) is 10.7. The van der Waals surface area contributed by atoms with Gasteiger partial charge in [0.2, 0.25) is 0 Å². The molecule has 0 heterocycles. The first kappa shape index (κ1) is 15.2. The first-order chi connectivity index (χ1) is 6.36. The van der Waals surface area contributed by atoms with Crippen molar-refractivity contribution in [1.29, 1.82) is 0 Å². The Labute approximate surface area is 128 Å². The van der Waals surface area contributed by atoms with Crippen molar-refractivity contribution in [2.45, 2.75) is 6.92 Å². The SMILES string of the molecule is Cc1c(C=O)cc(N)cc1[B-](F)(F)F.[K+]. The molecule has 0 bridgehead atoms. The van der Waals surface area contributed by atoms with Gasteiger partial charge in [-0.1, -0.05) is 11.6 Å². The van der Waals surface area contributed by atoms with Gasteiger partial charge < -0.3 is 18.7 Å². The quantitative estimate of drug-likeness (QED) is 0.387. The summed E-state index contributed by atoms with van der Waals surface area (Å²) in [6.45, 7) is -3.86. The molecule has 0 aliphatic heterocycles. The second-order valence-electron chi connectivity index (χ2n) is 3.02. The van der Waals surface area contributed by atoms with Crippen molar-refractivity contribution in [2.24, 2.45) is 0 Å². The van der Waals surface area contributed by atoms with Crippen LogP contribution in [0.15, 0.2) is 12.1 Å². The third-order valence-corrected chi connectivity index (χ3v) is 1.99. The summed E-state index contributed by atoms with van der Waals surface area (Å²) in [5.74, 6) is 0. The van der Waals surface area contributed by atoms with E-state index in [0.717, 1.165) is 6.07 Å². The van der Waals surface area contributed by atoms with Crippen molar-refractivity contribution < 1.29 is 69.1 Å². The zero-order valence-corrected chi connectivity index (χ0v) is 11.6. The Morgan fingerprint density at radius 1 is 1.33 bits per heavy atom. The largest absolute Gasteiger partial charge is 1.00 e. The minimum atomic E-state index is -5.11. The van der Waals surface area contributed by atoms with Gasteiger partial charge in [-0.2, -0.15) is 0 Å². The van der Waals surface area contributed by atoms with Crippen molar-refractivity contribution in [2.75, 3.05) is 5.73 Å². The zero-order valence-electron chi connectivity index (χ0n) is 8.43. The van der Waals surface area contributed by atoms with E-state index < -0.39 is 12.4 Å². The van der Waals surface area contributed by atoms with E-state index in [1.54, 1.807) is 0 Å². The van der Waals surface area contributed by atoms with E-state index in [0.29, 0.717) is 6.29 Å². The second-order valence-corrected chi connectivity index (χ2v) is 3.02. The summed E-state index contributed by atoms with van der Waals surface area (Å²) in [7, 11) is 0. The van der Waals surface area contributed by atoms with Gasteiger partial charge in [0.1, 0.15) is 6.29 Å². The second kappa shape index (κ2) is 5.49. The van der Waals surface area contributed by atoms with Crippen LogP contribution in [0.4, 0.5) is 18.6 Å². The van der Waals surface area contributed by atoms with Gasteiger partial charge in [0, 0.05) is 11.3 Å². The van der Waals surface area contributed by atoms with Gasteiger partial charge >= 0.3 is 58.4 Å². The number of hydrogen-bond donors (Lipinski definition) is 1. The minimum Gasteiger partial charge on any atom is -0.445 e. The molecule has 0 spiro atoms. The number of rotatable bonds is 2. The van der Waals surface area contributed by atoms with E-state index in [1.165, 1.54) is 13.0 Å². The Hall–Kier alpha value is 0.181. The van der Waals surface area contributed by atoms with Crippen LogP contribution in [0.2, 0.25) is 0 Å². The molecule has 0 saturated heterocycles. The average Bonchev–Trinajstić information content (AvgIpc) is 2.06. The van der Waals surface area contributed by atoms with E-state index in [4.69, 9.17) is 5.73 Å². The first-order valence-corrected chi connectivity index (χ1v) is 3.91. The average molecular weight is 241 g/mol. The van der Waals surface area contributed by atoms with Crippen molar-refractivity contribution >= 4 is 24.4 Å². The summed E-state index contributed by atoms with van der Waals surface area (Å²) in [5.41, 5.74) is 4.32. The van der Waals surface area contributed by atoms with Gasteiger partial charge in [0.05, 0.1) is 0 Å². The van der Waals surface area contributed by atoms with E-state index in [-0.39, 0.29) is 68.2 Å². The maximum absolute atomic E-state index is 12.4. The molecule has 0 amide bonds. The Morgan fingerprint density at radius 3 is 2.27 bits per heavy atom. The van der Waals surface area contributed by atoms with Crippen LogP contribution in [0.5, 0.6) is 0 Å². The molecule has 0 aromatic heterocycles. The van der Waals surface area contributed by atoms with Gasteiger partial charge in [-0.05, 0) is 13.0 Å². The topological polar surface area (TPSA) is 43.1 Å². The van der Waals surface area contributed by atoms with Crippen LogP contribution in [-0.2, 0) is 0 Å². The fraction of sp³-hybridized carbons (Fsp3) is 0.125. The molecule has 0 aliphatic carbocycles. The molecule has 0 saturated carbocycles. The number of nitrogen functional groups attached to an aromatic ring is 1. The van der Waals surface area contributed by atoms with Crippen molar-refractivity contribution in [3.63, 3.8) is 0 Å². The third-order valence-electron chi connectivity index (χ3n) is 1.99. The maximum atomic E-state index is 12.4. The van der Waals surface area contributed by atoms with Crippen LogP contribution in [0, 0.1) is 6.92 Å². The predicted octanol–water partition coefficient (Wildman–Crippen LogP) is -1.55. The fourth-order valence-corrected chi connectivity index (χ4v) is 1.25. The number of nitrogens with two attached hydrogens (primary N) is 1. The molecule has 0 fully saturated rings. The molecule has 0 atom stereocenters. The van der Waals surface area contributed by atoms with Crippen molar-refractivity contribution in [3.8, 4) is 0 Å². The van der Waals surface area contributed by atoms with Crippen molar-refractivity contribution in [1.82, 2.24) is 0 Å². The molecule has 2 nitrogen and oxygen atoms in total. The molecular weight excluding hydrogens is 233 g/mol. The number of carbonyl (C=O) groups excluding carboxylic acids is 1. The van der Waals surface area contributed by atoms with Crippen LogP contribution >= 0.6 is 0 Å². The number of carbonyl (C=O) groups is 1. The smallest absolute Gasteiger partial charge is 0.445 e. The summed E-state index contributed by atoms with van der Waals surface area (Å²) < 4.78 is 37.3. The first-order valence-electron chi connectivity index (χ1n) is 3.91. The van der Waals surface area contributed by atoms with Crippen LogP contribution in [0.25, 0.3) is 0 Å². The number of benzene rings is 1. The maximum Gasteiger partial charge on any atom is 1.00 e. The molecule has 76 valence electrons. The summed E-state index contributed by atoms with van der Waals surface area (Å²) >= 11 is 0.